The lowest BCUT2D eigenvalue weighted by Crippen LogP contribution is -2.00. The van der Waals surface area contributed by atoms with Gasteiger partial charge in [-0.2, -0.15) is 5.10 Å². The van der Waals surface area contributed by atoms with E-state index in [1.807, 2.05) is 25.4 Å². The van der Waals surface area contributed by atoms with Crippen LogP contribution in [-0.2, 0) is 13.5 Å². The van der Waals surface area contributed by atoms with Gasteiger partial charge in [0.25, 0.3) is 0 Å². The maximum atomic E-state index is 6.13. The highest BCUT2D eigenvalue weighted by Gasteiger charge is 2.09. The lowest BCUT2D eigenvalue weighted by molar-refractivity contribution is 0.768. The molecule has 0 fully saturated rings. The van der Waals surface area contributed by atoms with Crippen LogP contribution in [0.1, 0.15) is 17.0 Å². The van der Waals surface area contributed by atoms with Crippen molar-refractivity contribution in [2.75, 3.05) is 0 Å². The van der Waals surface area contributed by atoms with Gasteiger partial charge in [-0.1, -0.05) is 35.9 Å². The second-order valence-electron chi connectivity index (χ2n) is 5.00. The molecule has 0 radical (unpaired) electrons. The molecule has 3 aromatic rings. The van der Waals surface area contributed by atoms with Crippen LogP contribution >= 0.6 is 11.6 Å². The average molecular weight is 299 g/mol. The molecule has 0 saturated carbocycles. The molecule has 0 saturated heterocycles. The van der Waals surface area contributed by atoms with Gasteiger partial charge in [-0.25, -0.2) is 9.97 Å². The Morgan fingerprint density at radius 3 is 2.71 bits per heavy atom. The molecule has 0 N–H and O–H groups in total. The van der Waals surface area contributed by atoms with Crippen LogP contribution in [0.3, 0.4) is 0 Å². The Kier molecular flexibility index (Phi) is 3.71. The Labute approximate surface area is 128 Å². The standard InChI is InChI=1S/C16H15ClN4/c1-11-5-3-4-6-12(11)7-16-19-14(8-15(17)20-16)13-9-18-21(2)10-13/h3-6,8-10H,7H2,1-2H3. The zero-order valence-corrected chi connectivity index (χ0v) is 12.7. The third kappa shape index (κ3) is 3.11. The van der Waals surface area contributed by atoms with Gasteiger partial charge in [0.15, 0.2) is 0 Å². The van der Waals surface area contributed by atoms with Gasteiger partial charge in [-0.05, 0) is 18.1 Å². The molecule has 106 valence electrons. The van der Waals surface area contributed by atoms with Crippen molar-refractivity contribution in [2.45, 2.75) is 13.3 Å². The van der Waals surface area contributed by atoms with Crippen molar-refractivity contribution in [2.24, 2.45) is 7.05 Å². The predicted octanol–water partition coefficient (Wildman–Crippen LogP) is 3.43. The summed E-state index contributed by atoms with van der Waals surface area (Å²) >= 11 is 6.13. The molecule has 0 aliphatic carbocycles. The van der Waals surface area contributed by atoms with Gasteiger partial charge >= 0.3 is 0 Å². The highest BCUT2D eigenvalue weighted by atomic mass is 35.5. The zero-order chi connectivity index (χ0) is 14.8. The molecule has 0 bridgehead atoms. The SMILES string of the molecule is Cc1ccccc1Cc1nc(Cl)cc(-c2cnn(C)c2)n1. The summed E-state index contributed by atoms with van der Waals surface area (Å²) in [5, 5.41) is 4.61. The molecular formula is C16H15ClN4. The summed E-state index contributed by atoms with van der Waals surface area (Å²) in [6.45, 7) is 2.09. The molecule has 0 spiro atoms. The van der Waals surface area contributed by atoms with E-state index in [9.17, 15) is 0 Å². The van der Waals surface area contributed by atoms with Crippen LogP contribution in [0.2, 0.25) is 5.15 Å². The Morgan fingerprint density at radius 2 is 2.00 bits per heavy atom. The van der Waals surface area contributed by atoms with Crippen LogP contribution in [0.5, 0.6) is 0 Å². The first-order valence-corrected chi connectivity index (χ1v) is 7.06. The number of nitrogens with zero attached hydrogens (tertiary/aromatic N) is 4. The fourth-order valence-electron chi connectivity index (χ4n) is 2.22. The summed E-state index contributed by atoms with van der Waals surface area (Å²) in [6.07, 6.45) is 4.35. The van der Waals surface area contributed by atoms with Gasteiger partial charge in [-0.15, -0.1) is 0 Å². The van der Waals surface area contributed by atoms with Crippen LogP contribution < -0.4 is 0 Å². The van der Waals surface area contributed by atoms with Crippen molar-refractivity contribution < 1.29 is 0 Å². The first-order valence-electron chi connectivity index (χ1n) is 6.69. The summed E-state index contributed by atoms with van der Waals surface area (Å²) in [7, 11) is 1.88. The fourth-order valence-corrected chi connectivity index (χ4v) is 2.42. The largest absolute Gasteiger partial charge is 0.275 e. The molecule has 0 atom stereocenters. The van der Waals surface area contributed by atoms with Crippen molar-refractivity contribution in [3.63, 3.8) is 0 Å². The van der Waals surface area contributed by atoms with E-state index in [4.69, 9.17) is 11.6 Å². The van der Waals surface area contributed by atoms with E-state index in [-0.39, 0.29) is 0 Å². The number of halogens is 1. The molecule has 5 heteroatoms. The summed E-state index contributed by atoms with van der Waals surface area (Å²) in [5.74, 6) is 0.718. The Hall–Kier alpha value is -2.20. The first-order chi connectivity index (χ1) is 10.1. The maximum absolute atomic E-state index is 6.13. The maximum Gasteiger partial charge on any atom is 0.135 e. The molecule has 2 aromatic heterocycles. The zero-order valence-electron chi connectivity index (χ0n) is 11.9. The molecule has 0 aliphatic heterocycles. The van der Waals surface area contributed by atoms with E-state index in [0.29, 0.717) is 11.6 Å². The van der Waals surface area contributed by atoms with Gasteiger partial charge in [-0.3, -0.25) is 4.68 Å². The minimum atomic E-state index is 0.451. The molecule has 3 rings (SSSR count). The molecule has 2 heterocycles. The summed E-state index contributed by atoms with van der Waals surface area (Å²) < 4.78 is 1.74. The molecule has 21 heavy (non-hydrogen) atoms. The van der Waals surface area contributed by atoms with Gasteiger partial charge in [0, 0.05) is 31.3 Å². The van der Waals surface area contributed by atoms with Gasteiger partial charge in [0.05, 0.1) is 11.9 Å². The van der Waals surface area contributed by atoms with Gasteiger partial charge in [0.2, 0.25) is 0 Å². The van der Waals surface area contributed by atoms with Crippen molar-refractivity contribution in [1.82, 2.24) is 19.7 Å². The van der Waals surface area contributed by atoms with Crippen LogP contribution in [0.25, 0.3) is 11.3 Å². The Morgan fingerprint density at radius 1 is 1.19 bits per heavy atom. The first kappa shape index (κ1) is 13.8. The van der Waals surface area contributed by atoms with Gasteiger partial charge < -0.3 is 0 Å². The van der Waals surface area contributed by atoms with Crippen LogP contribution in [0.15, 0.2) is 42.7 Å². The van der Waals surface area contributed by atoms with Crippen molar-refractivity contribution in [3.05, 3.63) is 64.8 Å². The minimum Gasteiger partial charge on any atom is -0.275 e. The van der Waals surface area contributed by atoms with Crippen LogP contribution in [0, 0.1) is 6.92 Å². The van der Waals surface area contributed by atoms with Crippen molar-refractivity contribution in [3.8, 4) is 11.3 Å². The number of rotatable bonds is 3. The quantitative estimate of drug-likeness (QED) is 0.696. The van der Waals surface area contributed by atoms with Gasteiger partial charge in [0.1, 0.15) is 11.0 Å². The van der Waals surface area contributed by atoms with E-state index in [1.54, 1.807) is 16.9 Å². The van der Waals surface area contributed by atoms with E-state index >= 15 is 0 Å². The number of hydrogen-bond donors (Lipinski definition) is 0. The Balaban J connectivity index is 1.97. The molecule has 0 amide bonds. The summed E-state index contributed by atoms with van der Waals surface area (Å²) in [5.41, 5.74) is 4.17. The number of benzene rings is 1. The topological polar surface area (TPSA) is 43.6 Å². The molecular weight excluding hydrogens is 284 g/mol. The van der Waals surface area contributed by atoms with Crippen LogP contribution in [-0.4, -0.2) is 19.7 Å². The minimum absolute atomic E-state index is 0.451. The summed E-state index contributed by atoms with van der Waals surface area (Å²) in [6, 6.07) is 9.98. The molecule has 0 aliphatic rings. The highest BCUT2D eigenvalue weighted by molar-refractivity contribution is 6.29. The smallest absolute Gasteiger partial charge is 0.135 e. The Bertz CT molecular complexity index is 779. The number of hydrogen-bond acceptors (Lipinski definition) is 3. The molecule has 4 nitrogen and oxygen atoms in total. The van der Waals surface area contributed by atoms with Crippen molar-refractivity contribution >= 4 is 11.6 Å². The monoisotopic (exact) mass is 298 g/mol. The highest BCUT2D eigenvalue weighted by Crippen LogP contribution is 2.20. The molecule has 0 unspecified atom stereocenters. The molecule has 1 aromatic carbocycles. The fraction of sp³-hybridized carbons (Fsp3) is 0.188. The number of aryl methyl sites for hydroxylation is 2. The third-order valence-electron chi connectivity index (χ3n) is 3.35. The third-order valence-corrected chi connectivity index (χ3v) is 3.55. The van der Waals surface area contributed by atoms with Crippen molar-refractivity contribution in [1.29, 1.82) is 0 Å². The lowest BCUT2D eigenvalue weighted by Gasteiger charge is -2.06. The van der Waals surface area contributed by atoms with E-state index in [1.165, 1.54) is 11.1 Å². The van der Waals surface area contributed by atoms with E-state index in [2.05, 4.69) is 34.1 Å². The van der Waals surface area contributed by atoms with E-state index in [0.717, 1.165) is 17.1 Å². The second-order valence-corrected chi connectivity index (χ2v) is 5.39. The predicted molar refractivity (Wildman–Crippen MR) is 83.2 cm³/mol. The normalized spacial score (nSPS) is 10.8. The van der Waals surface area contributed by atoms with E-state index < -0.39 is 0 Å². The number of aromatic nitrogens is 4. The second kappa shape index (κ2) is 5.66. The summed E-state index contributed by atoms with van der Waals surface area (Å²) in [4.78, 5) is 8.93. The lowest BCUT2D eigenvalue weighted by atomic mass is 10.1. The average Bonchev–Trinajstić information content (AvgIpc) is 2.88. The van der Waals surface area contributed by atoms with Crippen LogP contribution in [0.4, 0.5) is 0 Å².